The van der Waals surface area contributed by atoms with E-state index in [4.69, 9.17) is 4.74 Å². The van der Waals surface area contributed by atoms with Crippen LogP contribution in [-0.2, 0) is 19.4 Å². The molecule has 0 unspecified atom stereocenters. The molecule has 2 aromatic carbocycles. The number of sulfone groups is 1. The van der Waals surface area contributed by atoms with E-state index in [1.54, 1.807) is 38.4 Å². The fourth-order valence-corrected chi connectivity index (χ4v) is 3.20. The third-order valence-corrected chi connectivity index (χ3v) is 4.82. The Balaban J connectivity index is 1.98. The van der Waals surface area contributed by atoms with E-state index in [-0.39, 0.29) is 16.4 Å². The zero-order chi connectivity index (χ0) is 20.9. The van der Waals surface area contributed by atoms with Crippen LogP contribution in [0.2, 0.25) is 0 Å². The van der Waals surface area contributed by atoms with Crippen LogP contribution in [0, 0.1) is 0 Å². The number of hydrogen-bond acceptors (Lipinski definition) is 6. The summed E-state index contributed by atoms with van der Waals surface area (Å²) in [5, 5.41) is 2.53. The first-order valence-electron chi connectivity index (χ1n) is 8.17. The average Bonchev–Trinajstić information content (AvgIpc) is 2.65. The number of nitrogens with one attached hydrogen (secondary N) is 1. The lowest BCUT2D eigenvalue weighted by Gasteiger charge is -2.11. The first-order chi connectivity index (χ1) is 13.1. The van der Waals surface area contributed by atoms with Gasteiger partial charge in [-0.25, -0.2) is 13.2 Å². The van der Waals surface area contributed by atoms with Crippen LogP contribution in [0.15, 0.2) is 53.4 Å². The number of nitrogens with zero attached hydrogens (tertiary/aromatic N) is 1. The van der Waals surface area contributed by atoms with Gasteiger partial charge in [-0.2, -0.15) is 0 Å². The highest BCUT2D eigenvalue weighted by molar-refractivity contribution is 7.90. The van der Waals surface area contributed by atoms with Gasteiger partial charge < -0.3 is 15.0 Å². The molecule has 0 aromatic heterocycles. The normalized spacial score (nSPS) is 10.8. The molecule has 2 amide bonds. The first kappa shape index (κ1) is 21.1. The fourth-order valence-electron chi connectivity index (χ4n) is 2.32. The van der Waals surface area contributed by atoms with E-state index >= 15 is 0 Å². The Hall–Kier alpha value is -3.20. The third-order valence-electron chi connectivity index (χ3n) is 3.66. The topological polar surface area (TPSA) is 110 Å². The summed E-state index contributed by atoms with van der Waals surface area (Å²) < 4.78 is 28.4. The Kier molecular flexibility index (Phi) is 6.53. The number of esters is 1. The maximum atomic E-state index is 12.1. The second-order valence-corrected chi connectivity index (χ2v) is 8.15. The second-order valence-electron chi connectivity index (χ2n) is 6.17. The molecule has 148 valence electrons. The minimum absolute atomic E-state index is 0.135. The number of carbonyl (C=O) groups excluding carboxylic acids is 3. The van der Waals surface area contributed by atoms with Crippen molar-refractivity contribution in [3.8, 4) is 0 Å². The summed E-state index contributed by atoms with van der Waals surface area (Å²) in [6, 6.07) is 11.8. The minimum Gasteiger partial charge on any atom is -0.452 e. The molecule has 1 N–H and O–H groups in total. The third kappa shape index (κ3) is 5.40. The van der Waals surface area contributed by atoms with Crippen molar-refractivity contribution >= 4 is 33.3 Å². The summed E-state index contributed by atoms with van der Waals surface area (Å²) in [7, 11) is -0.349. The zero-order valence-electron chi connectivity index (χ0n) is 15.6. The molecule has 0 aliphatic heterocycles. The summed E-state index contributed by atoms with van der Waals surface area (Å²) in [5.41, 5.74) is 0.754. The van der Waals surface area contributed by atoms with Gasteiger partial charge in [0.2, 0.25) is 0 Å². The predicted octanol–water partition coefficient (Wildman–Crippen LogP) is 1.59. The van der Waals surface area contributed by atoms with E-state index in [1.807, 2.05) is 0 Å². The number of ether oxygens (including phenoxy) is 1. The highest BCUT2D eigenvalue weighted by Gasteiger charge is 2.20. The molecule has 0 saturated heterocycles. The van der Waals surface area contributed by atoms with Crippen molar-refractivity contribution in [1.29, 1.82) is 0 Å². The van der Waals surface area contributed by atoms with Gasteiger partial charge in [0, 0.05) is 31.6 Å². The lowest BCUT2D eigenvalue weighted by Crippen LogP contribution is -2.22. The Labute approximate surface area is 163 Å². The molecule has 0 aliphatic rings. The van der Waals surface area contributed by atoms with Crippen molar-refractivity contribution in [3.05, 3.63) is 59.7 Å². The molecule has 0 spiro atoms. The molecular formula is C19H20N2O6S. The summed E-state index contributed by atoms with van der Waals surface area (Å²) >= 11 is 0. The summed E-state index contributed by atoms with van der Waals surface area (Å²) in [6.07, 6.45) is 0.983. The van der Waals surface area contributed by atoms with E-state index < -0.39 is 28.3 Å². The summed E-state index contributed by atoms with van der Waals surface area (Å²) in [5.74, 6) is -1.68. The summed E-state index contributed by atoms with van der Waals surface area (Å²) in [4.78, 5) is 37.2. The molecule has 28 heavy (non-hydrogen) atoms. The number of amides is 2. The molecule has 9 heteroatoms. The molecule has 0 fully saturated rings. The largest absolute Gasteiger partial charge is 0.452 e. The molecular weight excluding hydrogens is 384 g/mol. The molecule has 0 saturated carbocycles. The average molecular weight is 404 g/mol. The van der Waals surface area contributed by atoms with Crippen LogP contribution in [0.1, 0.15) is 20.7 Å². The van der Waals surface area contributed by atoms with E-state index in [9.17, 15) is 22.8 Å². The summed E-state index contributed by atoms with van der Waals surface area (Å²) in [6.45, 7) is -0.588. The standard InChI is InChI=1S/C19H20N2O6S/c1-21(2)18(23)13-8-10-14(11-9-13)20-17(22)12-27-19(24)15-6-4-5-7-16(15)28(3,25)26/h4-11H,12H2,1-3H3,(H,20,22). The molecule has 8 nitrogen and oxygen atoms in total. The Morgan fingerprint density at radius 1 is 1.00 bits per heavy atom. The molecule has 0 radical (unpaired) electrons. The van der Waals surface area contributed by atoms with Gasteiger partial charge >= 0.3 is 5.97 Å². The fraction of sp³-hybridized carbons (Fsp3) is 0.211. The first-order valence-corrected chi connectivity index (χ1v) is 10.1. The van der Waals surface area contributed by atoms with Crippen LogP contribution in [0.5, 0.6) is 0 Å². The van der Waals surface area contributed by atoms with Crippen LogP contribution in [0.3, 0.4) is 0 Å². The highest BCUT2D eigenvalue weighted by Crippen LogP contribution is 2.16. The van der Waals surface area contributed by atoms with Gasteiger partial charge in [-0.15, -0.1) is 0 Å². The predicted molar refractivity (Wildman–Crippen MR) is 103 cm³/mol. The second kappa shape index (κ2) is 8.66. The quantitative estimate of drug-likeness (QED) is 0.732. The van der Waals surface area contributed by atoms with Crippen LogP contribution >= 0.6 is 0 Å². The Morgan fingerprint density at radius 2 is 1.61 bits per heavy atom. The van der Waals surface area contributed by atoms with Gasteiger partial charge in [-0.05, 0) is 36.4 Å². The van der Waals surface area contributed by atoms with Crippen molar-refractivity contribution in [3.63, 3.8) is 0 Å². The van der Waals surface area contributed by atoms with E-state index in [1.165, 1.54) is 29.2 Å². The molecule has 0 atom stereocenters. The number of carbonyl (C=O) groups is 3. The van der Waals surface area contributed by atoms with E-state index in [0.29, 0.717) is 11.3 Å². The molecule has 0 heterocycles. The van der Waals surface area contributed by atoms with Gasteiger partial charge in [0.15, 0.2) is 16.4 Å². The smallest absolute Gasteiger partial charge is 0.339 e. The Morgan fingerprint density at radius 3 is 2.18 bits per heavy atom. The van der Waals surface area contributed by atoms with Gasteiger partial charge in [0.1, 0.15) is 0 Å². The number of hydrogen-bond donors (Lipinski definition) is 1. The van der Waals surface area contributed by atoms with Crippen molar-refractivity contribution in [2.24, 2.45) is 0 Å². The van der Waals surface area contributed by atoms with Crippen LogP contribution in [-0.4, -0.2) is 58.1 Å². The Bertz CT molecular complexity index is 997. The monoisotopic (exact) mass is 404 g/mol. The zero-order valence-corrected chi connectivity index (χ0v) is 16.4. The molecule has 0 bridgehead atoms. The van der Waals surface area contributed by atoms with Crippen molar-refractivity contribution in [1.82, 2.24) is 4.90 Å². The van der Waals surface area contributed by atoms with Crippen molar-refractivity contribution < 1.29 is 27.5 Å². The molecule has 0 aliphatic carbocycles. The highest BCUT2D eigenvalue weighted by atomic mass is 32.2. The van der Waals surface area contributed by atoms with Crippen LogP contribution in [0.4, 0.5) is 5.69 Å². The lowest BCUT2D eigenvalue weighted by atomic mass is 10.2. The lowest BCUT2D eigenvalue weighted by molar-refractivity contribution is -0.119. The number of anilines is 1. The van der Waals surface area contributed by atoms with Crippen molar-refractivity contribution in [2.75, 3.05) is 32.3 Å². The SMILES string of the molecule is CN(C)C(=O)c1ccc(NC(=O)COC(=O)c2ccccc2S(C)(=O)=O)cc1. The van der Waals surface area contributed by atoms with Gasteiger partial charge in [-0.1, -0.05) is 12.1 Å². The van der Waals surface area contributed by atoms with Gasteiger partial charge in [-0.3, -0.25) is 9.59 Å². The van der Waals surface area contributed by atoms with Crippen LogP contribution < -0.4 is 5.32 Å². The van der Waals surface area contributed by atoms with Gasteiger partial charge in [0.25, 0.3) is 11.8 Å². The van der Waals surface area contributed by atoms with E-state index in [0.717, 1.165) is 6.26 Å². The van der Waals surface area contributed by atoms with Crippen molar-refractivity contribution in [2.45, 2.75) is 4.90 Å². The van der Waals surface area contributed by atoms with Gasteiger partial charge in [0.05, 0.1) is 10.5 Å². The molecule has 2 rings (SSSR count). The van der Waals surface area contributed by atoms with Crippen LogP contribution in [0.25, 0.3) is 0 Å². The maximum Gasteiger partial charge on any atom is 0.339 e. The molecule has 2 aromatic rings. The van der Waals surface area contributed by atoms with E-state index in [2.05, 4.69) is 5.32 Å². The number of rotatable bonds is 6. The number of benzene rings is 2. The maximum absolute atomic E-state index is 12.1. The minimum atomic E-state index is -3.62.